The summed E-state index contributed by atoms with van der Waals surface area (Å²) in [5, 5.41) is 8.51. The number of ether oxygens (including phenoxy) is 1. The van der Waals surface area contributed by atoms with Gasteiger partial charge in [-0.2, -0.15) is 5.10 Å². The fourth-order valence-electron chi connectivity index (χ4n) is 3.67. The quantitative estimate of drug-likeness (QED) is 0.908. The van der Waals surface area contributed by atoms with Gasteiger partial charge in [0, 0.05) is 30.5 Å². The minimum atomic E-state index is 0.194. The van der Waals surface area contributed by atoms with Gasteiger partial charge in [-0.05, 0) is 26.2 Å². The van der Waals surface area contributed by atoms with Crippen molar-refractivity contribution in [3.8, 4) is 0 Å². The monoisotopic (exact) mass is 306 g/mol. The first-order valence-corrected chi connectivity index (χ1v) is 8.75. The lowest BCUT2D eigenvalue weighted by atomic mass is 9.64. The number of hydrogen-bond acceptors (Lipinski definition) is 4. The van der Waals surface area contributed by atoms with E-state index in [9.17, 15) is 0 Å². The Bertz CT molecular complexity index is 523. The topological polar surface area (TPSA) is 52.0 Å². The van der Waals surface area contributed by atoms with Gasteiger partial charge in [-0.1, -0.05) is 27.7 Å². The van der Waals surface area contributed by atoms with Crippen molar-refractivity contribution in [3.63, 3.8) is 0 Å². The lowest BCUT2D eigenvalue weighted by Crippen LogP contribution is -2.61. The van der Waals surface area contributed by atoms with Crippen LogP contribution in [-0.4, -0.2) is 33.5 Å². The molecule has 5 nitrogen and oxygen atoms in total. The Morgan fingerprint density at radius 3 is 2.82 bits per heavy atom. The van der Waals surface area contributed by atoms with Crippen LogP contribution in [0, 0.1) is 5.41 Å². The third kappa shape index (κ3) is 2.69. The van der Waals surface area contributed by atoms with Crippen molar-refractivity contribution in [1.29, 1.82) is 0 Å². The molecular weight excluding hydrogens is 276 g/mol. The lowest BCUT2D eigenvalue weighted by Gasteiger charge is -2.53. The minimum absolute atomic E-state index is 0.194. The molecule has 0 amide bonds. The molecule has 1 N–H and O–H groups in total. The van der Waals surface area contributed by atoms with E-state index in [0.717, 1.165) is 37.6 Å². The third-order valence-electron chi connectivity index (χ3n) is 5.36. The highest BCUT2D eigenvalue weighted by atomic mass is 16.5. The zero-order valence-corrected chi connectivity index (χ0v) is 14.6. The predicted molar refractivity (Wildman–Crippen MR) is 86.8 cm³/mol. The van der Waals surface area contributed by atoms with Gasteiger partial charge in [0.1, 0.15) is 5.82 Å². The summed E-state index contributed by atoms with van der Waals surface area (Å²) in [6.45, 7) is 12.8. The first kappa shape index (κ1) is 15.9. The second-order valence-corrected chi connectivity index (χ2v) is 7.62. The van der Waals surface area contributed by atoms with Gasteiger partial charge in [-0.3, -0.25) is 0 Å². The van der Waals surface area contributed by atoms with Gasteiger partial charge >= 0.3 is 0 Å². The van der Waals surface area contributed by atoms with Gasteiger partial charge in [0.15, 0.2) is 5.82 Å². The van der Waals surface area contributed by atoms with E-state index in [2.05, 4.69) is 49.7 Å². The van der Waals surface area contributed by atoms with Crippen molar-refractivity contribution < 1.29 is 4.74 Å². The van der Waals surface area contributed by atoms with Crippen molar-refractivity contribution in [2.45, 2.75) is 84.5 Å². The molecule has 2 aliphatic rings. The van der Waals surface area contributed by atoms with Crippen molar-refractivity contribution in [2.75, 3.05) is 6.61 Å². The van der Waals surface area contributed by atoms with E-state index in [1.165, 1.54) is 6.42 Å². The molecule has 0 saturated heterocycles. The molecule has 0 spiro atoms. The van der Waals surface area contributed by atoms with Gasteiger partial charge in [-0.25, -0.2) is 9.67 Å². The van der Waals surface area contributed by atoms with Crippen molar-refractivity contribution in [2.24, 2.45) is 5.41 Å². The summed E-state index contributed by atoms with van der Waals surface area (Å²) in [5.41, 5.74) is 0.194. The third-order valence-corrected chi connectivity index (χ3v) is 5.36. The second kappa shape index (κ2) is 5.93. The maximum absolute atomic E-state index is 5.84. The highest BCUT2D eigenvalue weighted by Gasteiger charge is 2.49. The number of aryl methyl sites for hydroxylation is 1. The molecule has 22 heavy (non-hydrogen) atoms. The Labute approximate surface area is 133 Å². The number of nitrogens with zero attached hydrogens (tertiary/aromatic N) is 3. The molecule has 0 unspecified atom stereocenters. The lowest BCUT2D eigenvalue weighted by molar-refractivity contribution is -0.117. The van der Waals surface area contributed by atoms with Gasteiger partial charge in [-0.15, -0.1) is 0 Å². The zero-order valence-electron chi connectivity index (χ0n) is 14.6. The zero-order chi connectivity index (χ0) is 15.9. The van der Waals surface area contributed by atoms with Crippen LogP contribution in [-0.2, 0) is 11.3 Å². The standard InChI is InChI=1S/C17H30N4O/c1-6-22-14-10-13(17(14,4)5)18-12-8-7-9-21-16(12)19-15(20-21)11(2)3/h11-14,18H,6-10H2,1-5H3/t12-,13-,14-/m1/s1. The summed E-state index contributed by atoms with van der Waals surface area (Å²) < 4.78 is 7.96. The van der Waals surface area contributed by atoms with E-state index in [1.807, 2.05) is 0 Å². The summed E-state index contributed by atoms with van der Waals surface area (Å²) in [4.78, 5) is 4.80. The van der Waals surface area contributed by atoms with Gasteiger partial charge in [0.25, 0.3) is 0 Å². The van der Waals surface area contributed by atoms with Crippen LogP contribution in [0.2, 0.25) is 0 Å². The largest absolute Gasteiger partial charge is 0.378 e. The van der Waals surface area contributed by atoms with Crippen LogP contribution in [0.4, 0.5) is 0 Å². The molecule has 1 saturated carbocycles. The maximum atomic E-state index is 5.84. The Kier molecular flexibility index (Phi) is 4.29. The summed E-state index contributed by atoms with van der Waals surface area (Å²) >= 11 is 0. The SMILES string of the molecule is CCO[C@@H]1C[C@@H](N[C@@H]2CCCn3nc(C(C)C)nc32)C1(C)C. The van der Waals surface area contributed by atoms with Crippen LogP contribution in [0.5, 0.6) is 0 Å². The molecule has 3 atom stereocenters. The van der Waals surface area contributed by atoms with Crippen LogP contribution in [0.1, 0.15) is 77.5 Å². The van der Waals surface area contributed by atoms with E-state index in [4.69, 9.17) is 9.72 Å². The fourth-order valence-corrected chi connectivity index (χ4v) is 3.67. The molecule has 0 radical (unpaired) electrons. The van der Waals surface area contributed by atoms with E-state index in [1.54, 1.807) is 0 Å². The molecule has 1 aromatic rings. The molecule has 0 bridgehead atoms. The van der Waals surface area contributed by atoms with Crippen molar-refractivity contribution in [1.82, 2.24) is 20.1 Å². The molecule has 2 heterocycles. The van der Waals surface area contributed by atoms with Gasteiger partial charge < -0.3 is 10.1 Å². The molecule has 5 heteroatoms. The first-order chi connectivity index (χ1) is 10.4. The van der Waals surface area contributed by atoms with Crippen LogP contribution < -0.4 is 5.32 Å². The molecule has 1 aliphatic heterocycles. The van der Waals surface area contributed by atoms with Crippen molar-refractivity contribution in [3.05, 3.63) is 11.6 Å². The highest BCUT2D eigenvalue weighted by molar-refractivity contribution is 5.09. The molecule has 3 rings (SSSR count). The summed E-state index contributed by atoms with van der Waals surface area (Å²) in [6.07, 6.45) is 3.81. The highest BCUT2D eigenvalue weighted by Crippen LogP contribution is 2.44. The average Bonchev–Trinajstić information content (AvgIpc) is 2.91. The Morgan fingerprint density at radius 1 is 1.41 bits per heavy atom. The minimum Gasteiger partial charge on any atom is -0.378 e. The predicted octanol–water partition coefficient (Wildman–Crippen LogP) is 3.03. The fraction of sp³-hybridized carbons (Fsp3) is 0.882. The molecule has 1 aromatic heterocycles. The van der Waals surface area contributed by atoms with Crippen LogP contribution >= 0.6 is 0 Å². The number of rotatable bonds is 5. The molecular formula is C17H30N4O. The van der Waals surface area contributed by atoms with Gasteiger partial charge in [0.2, 0.25) is 0 Å². The summed E-state index contributed by atoms with van der Waals surface area (Å²) in [7, 11) is 0. The normalized spacial score (nSPS) is 30.2. The number of aromatic nitrogens is 3. The average molecular weight is 306 g/mol. The van der Waals surface area contributed by atoms with Crippen LogP contribution in [0.3, 0.4) is 0 Å². The Morgan fingerprint density at radius 2 is 2.18 bits per heavy atom. The number of nitrogens with one attached hydrogen (secondary N) is 1. The van der Waals surface area contributed by atoms with Crippen LogP contribution in [0.25, 0.3) is 0 Å². The van der Waals surface area contributed by atoms with Crippen molar-refractivity contribution >= 4 is 0 Å². The van der Waals surface area contributed by atoms with Crippen LogP contribution in [0.15, 0.2) is 0 Å². The summed E-state index contributed by atoms with van der Waals surface area (Å²) in [6, 6.07) is 0.834. The number of hydrogen-bond donors (Lipinski definition) is 1. The Balaban J connectivity index is 1.70. The molecule has 1 aliphatic carbocycles. The molecule has 0 aromatic carbocycles. The maximum Gasteiger partial charge on any atom is 0.153 e. The first-order valence-electron chi connectivity index (χ1n) is 8.75. The number of fused-ring (bicyclic) bond motifs is 1. The van der Waals surface area contributed by atoms with E-state index < -0.39 is 0 Å². The van der Waals surface area contributed by atoms with E-state index in [0.29, 0.717) is 24.1 Å². The Hall–Kier alpha value is -0.940. The smallest absolute Gasteiger partial charge is 0.153 e. The second-order valence-electron chi connectivity index (χ2n) is 7.62. The molecule has 1 fully saturated rings. The van der Waals surface area contributed by atoms with E-state index in [-0.39, 0.29) is 5.41 Å². The van der Waals surface area contributed by atoms with E-state index >= 15 is 0 Å². The summed E-state index contributed by atoms with van der Waals surface area (Å²) in [5.74, 6) is 2.50. The van der Waals surface area contributed by atoms with Gasteiger partial charge in [0.05, 0.1) is 12.1 Å². The molecule has 124 valence electrons.